The molecule has 0 aromatic carbocycles. The number of rotatable bonds is 5. The molecule has 3 nitrogen and oxygen atoms in total. The molecule has 0 radical (unpaired) electrons. The van der Waals surface area contributed by atoms with Crippen molar-refractivity contribution in [3.05, 3.63) is 21.9 Å². The van der Waals surface area contributed by atoms with Crippen molar-refractivity contribution < 1.29 is 0 Å². The van der Waals surface area contributed by atoms with E-state index in [1.807, 2.05) is 0 Å². The van der Waals surface area contributed by atoms with Crippen molar-refractivity contribution in [2.75, 3.05) is 39.3 Å². The van der Waals surface area contributed by atoms with Crippen LogP contribution in [0.4, 0.5) is 0 Å². The van der Waals surface area contributed by atoms with Crippen LogP contribution in [0.5, 0.6) is 0 Å². The Labute approximate surface area is 108 Å². The van der Waals surface area contributed by atoms with E-state index < -0.39 is 0 Å². The van der Waals surface area contributed by atoms with E-state index in [0.717, 1.165) is 19.6 Å². The zero-order chi connectivity index (χ0) is 11.9. The molecule has 0 spiro atoms. The fourth-order valence-electron chi connectivity index (χ4n) is 2.15. The van der Waals surface area contributed by atoms with Crippen LogP contribution in [-0.2, 0) is 6.54 Å². The van der Waals surface area contributed by atoms with E-state index in [4.69, 9.17) is 0 Å². The molecule has 1 saturated heterocycles. The van der Waals surface area contributed by atoms with Crippen LogP contribution in [0.1, 0.15) is 17.5 Å². The molecule has 0 amide bonds. The Morgan fingerprint density at radius 2 is 2.29 bits per heavy atom. The van der Waals surface area contributed by atoms with E-state index in [9.17, 15) is 0 Å². The Balaban J connectivity index is 1.61. The summed E-state index contributed by atoms with van der Waals surface area (Å²) in [7, 11) is 0. The third-order valence-electron chi connectivity index (χ3n) is 3.31. The van der Waals surface area contributed by atoms with Gasteiger partial charge in [-0.15, -0.1) is 0 Å². The van der Waals surface area contributed by atoms with Crippen LogP contribution in [0.3, 0.4) is 0 Å². The van der Waals surface area contributed by atoms with Crippen molar-refractivity contribution in [2.24, 2.45) is 0 Å². The second-order valence-corrected chi connectivity index (χ2v) is 5.45. The summed E-state index contributed by atoms with van der Waals surface area (Å²) < 4.78 is 0. The second-order valence-electron chi connectivity index (χ2n) is 4.70. The van der Waals surface area contributed by atoms with Crippen LogP contribution in [0.2, 0.25) is 0 Å². The van der Waals surface area contributed by atoms with Gasteiger partial charge in [0.25, 0.3) is 0 Å². The Bertz CT molecular complexity index is 316. The van der Waals surface area contributed by atoms with E-state index in [0.29, 0.717) is 0 Å². The van der Waals surface area contributed by atoms with Crippen LogP contribution in [0, 0.1) is 6.92 Å². The predicted octanol–water partition coefficient (Wildman–Crippen LogP) is 1.44. The van der Waals surface area contributed by atoms with Gasteiger partial charge in [0.05, 0.1) is 0 Å². The molecule has 2 rings (SSSR count). The maximum absolute atomic E-state index is 3.54. The van der Waals surface area contributed by atoms with Crippen LogP contribution >= 0.6 is 11.3 Å². The van der Waals surface area contributed by atoms with Gasteiger partial charge in [0.1, 0.15) is 0 Å². The SMILES string of the molecule is Cc1cscc1CNCCN1CCCNCC1. The summed E-state index contributed by atoms with van der Waals surface area (Å²) in [6.07, 6.45) is 1.28. The van der Waals surface area contributed by atoms with Crippen LogP contribution in [0.25, 0.3) is 0 Å². The van der Waals surface area contributed by atoms with E-state index >= 15 is 0 Å². The summed E-state index contributed by atoms with van der Waals surface area (Å²) in [4.78, 5) is 2.55. The number of hydrogen-bond donors (Lipinski definition) is 2. The van der Waals surface area contributed by atoms with E-state index in [1.165, 1.54) is 43.7 Å². The third kappa shape index (κ3) is 4.39. The summed E-state index contributed by atoms with van der Waals surface area (Å²) in [6.45, 7) is 10.2. The van der Waals surface area contributed by atoms with Gasteiger partial charge in [-0.25, -0.2) is 0 Å². The third-order valence-corrected chi connectivity index (χ3v) is 4.22. The number of nitrogens with zero attached hydrogens (tertiary/aromatic N) is 1. The lowest BCUT2D eigenvalue weighted by Gasteiger charge is -2.19. The van der Waals surface area contributed by atoms with Crippen molar-refractivity contribution in [1.82, 2.24) is 15.5 Å². The molecule has 96 valence electrons. The number of aryl methyl sites for hydroxylation is 1. The van der Waals surface area contributed by atoms with Gasteiger partial charge < -0.3 is 15.5 Å². The summed E-state index contributed by atoms with van der Waals surface area (Å²) in [5.74, 6) is 0. The molecular weight excluding hydrogens is 230 g/mol. The highest BCUT2D eigenvalue weighted by atomic mass is 32.1. The van der Waals surface area contributed by atoms with Gasteiger partial charge in [0.15, 0.2) is 0 Å². The van der Waals surface area contributed by atoms with E-state index in [-0.39, 0.29) is 0 Å². The minimum absolute atomic E-state index is 1.02. The maximum Gasteiger partial charge on any atom is 0.0216 e. The molecule has 0 bridgehead atoms. The molecule has 0 saturated carbocycles. The molecule has 1 aromatic heterocycles. The molecule has 2 heterocycles. The normalized spacial score (nSPS) is 18.2. The fraction of sp³-hybridized carbons (Fsp3) is 0.692. The number of hydrogen-bond acceptors (Lipinski definition) is 4. The van der Waals surface area contributed by atoms with Gasteiger partial charge in [-0.1, -0.05) is 0 Å². The minimum atomic E-state index is 1.02. The highest BCUT2D eigenvalue weighted by Gasteiger charge is 2.07. The molecule has 0 atom stereocenters. The first-order valence-electron chi connectivity index (χ1n) is 6.52. The van der Waals surface area contributed by atoms with Gasteiger partial charge in [-0.3, -0.25) is 0 Å². The Hall–Kier alpha value is -0.420. The average molecular weight is 253 g/mol. The average Bonchev–Trinajstić information content (AvgIpc) is 2.60. The van der Waals surface area contributed by atoms with Crippen molar-refractivity contribution >= 4 is 11.3 Å². The predicted molar refractivity (Wildman–Crippen MR) is 74.7 cm³/mol. The Morgan fingerprint density at radius 1 is 1.35 bits per heavy atom. The molecule has 1 fully saturated rings. The molecule has 0 unspecified atom stereocenters. The lowest BCUT2D eigenvalue weighted by atomic mass is 10.2. The molecule has 0 aliphatic carbocycles. The van der Waals surface area contributed by atoms with Crippen molar-refractivity contribution in [3.8, 4) is 0 Å². The molecule has 1 aliphatic heterocycles. The fourth-order valence-corrected chi connectivity index (χ4v) is 3.01. The molecule has 1 aliphatic rings. The van der Waals surface area contributed by atoms with Gasteiger partial charge in [0, 0.05) is 32.7 Å². The van der Waals surface area contributed by atoms with Crippen LogP contribution in [-0.4, -0.2) is 44.2 Å². The van der Waals surface area contributed by atoms with Gasteiger partial charge in [0.2, 0.25) is 0 Å². The summed E-state index contributed by atoms with van der Waals surface area (Å²) in [6, 6.07) is 0. The van der Waals surface area contributed by atoms with Gasteiger partial charge >= 0.3 is 0 Å². The largest absolute Gasteiger partial charge is 0.315 e. The quantitative estimate of drug-likeness (QED) is 0.778. The molecule has 2 N–H and O–H groups in total. The molecule has 17 heavy (non-hydrogen) atoms. The topological polar surface area (TPSA) is 27.3 Å². The first-order valence-corrected chi connectivity index (χ1v) is 7.46. The minimum Gasteiger partial charge on any atom is -0.315 e. The smallest absolute Gasteiger partial charge is 0.0216 e. The lowest BCUT2D eigenvalue weighted by molar-refractivity contribution is 0.291. The lowest BCUT2D eigenvalue weighted by Crippen LogP contribution is -2.34. The van der Waals surface area contributed by atoms with Gasteiger partial charge in [-0.2, -0.15) is 11.3 Å². The monoisotopic (exact) mass is 253 g/mol. The van der Waals surface area contributed by atoms with Gasteiger partial charge in [-0.05, 0) is 48.3 Å². The van der Waals surface area contributed by atoms with E-state index in [2.05, 4.69) is 33.2 Å². The summed E-state index contributed by atoms with van der Waals surface area (Å²) >= 11 is 1.80. The summed E-state index contributed by atoms with van der Waals surface area (Å²) in [5, 5.41) is 11.4. The maximum atomic E-state index is 3.54. The molecule has 4 heteroatoms. The first kappa shape index (κ1) is 13.0. The number of thiophene rings is 1. The highest BCUT2D eigenvalue weighted by Crippen LogP contribution is 2.12. The standard InChI is InChI=1S/C13H23N3S/c1-12-10-17-11-13(12)9-15-5-8-16-6-2-3-14-4-7-16/h10-11,14-15H,2-9H2,1H3. The number of nitrogens with one attached hydrogen (secondary N) is 2. The molecular formula is C13H23N3S. The molecule has 1 aromatic rings. The Kier molecular flexibility index (Phi) is 5.45. The summed E-state index contributed by atoms with van der Waals surface area (Å²) in [5.41, 5.74) is 2.87. The van der Waals surface area contributed by atoms with Crippen molar-refractivity contribution in [3.63, 3.8) is 0 Å². The van der Waals surface area contributed by atoms with Crippen molar-refractivity contribution in [2.45, 2.75) is 19.9 Å². The van der Waals surface area contributed by atoms with E-state index in [1.54, 1.807) is 11.3 Å². The van der Waals surface area contributed by atoms with Crippen LogP contribution in [0.15, 0.2) is 10.8 Å². The Morgan fingerprint density at radius 3 is 3.12 bits per heavy atom. The second kappa shape index (κ2) is 7.11. The van der Waals surface area contributed by atoms with Crippen LogP contribution < -0.4 is 10.6 Å². The first-order chi connectivity index (χ1) is 8.36. The highest BCUT2D eigenvalue weighted by molar-refractivity contribution is 7.08. The van der Waals surface area contributed by atoms with Crippen molar-refractivity contribution in [1.29, 1.82) is 0 Å². The zero-order valence-electron chi connectivity index (χ0n) is 10.7. The zero-order valence-corrected chi connectivity index (χ0v) is 11.5.